The molecule has 3 heteroatoms. The molecule has 0 bridgehead atoms. The molecule has 1 rings (SSSR count). The zero-order chi connectivity index (χ0) is 10.1. The maximum absolute atomic E-state index is 11.3. The number of β-lactam (4-membered cyclic amide) rings is 1. The van der Waals surface area contributed by atoms with Crippen molar-refractivity contribution in [1.82, 2.24) is 4.90 Å². The van der Waals surface area contributed by atoms with Gasteiger partial charge in [-0.1, -0.05) is 33.0 Å². The Kier molecular flexibility index (Phi) is 3.17. The molecule has 1 atom stereocenters. The van der Waals surface area contributed by atoms with Gasteiger partial charge in [-0.2, -0.15) is 0 Å². The molecule has 1 aliphatic rings. The molecular weight excluding hydrogens is 178 g/mol. The van der Waals surface area contributed by atoms with Crippen LogP contribution < -0.4 is 0 Å². The van der Waals surface area contributed by atoms with Crippen molar-refractivity contribution in [2.24, 2.45) is 0 Å². The third kappa shape index (κ3) is 2.33. The van der Waals surface area contributed by atoms with Crippen LogP contribution in [0.2, 0.25) is 19.6 Å². The molecule has 0 aromatic carbocycles. The fourth-order valence-corrected chi connectivity index (χ4v) is 3.83. The first-order chi connectivity index (χ1) is 5.96. The van der Waals surface area contributed by atoms with Crippen molar-refractivity contribution < 1.29 is 4.79 Å². The fourth-order valence-electron chi connectivity index (χ4n) is 1.84. The van der Waals surface area contributed by atoms with Gasteiger partial charge in [-0.3, -0.25) is 4.79 Å². The normalized spacial score (nSPS) is 23.2. The van der Waals surface area contributed by atoms with E-state index in [2.05, 4.69) is 31.5 Å². The third-order valence-electron chi connectivity index (χ3n) is 2.82. The second kappa shape index (κ2) is 3.82. The Balaban J connectivity index is 2.46. The van der Waals surface area contributed by atoms with E-state index in [4.69, 9.17) is 0 Å². The number of likely N-dealkylation sites (tertiary alicyclic amines) is 1. The molecule has 0 aromatic rings. The predicted molar refractivity (Wildman–Crippen MR) is 58.4 cm³/mol. The van der Waals surface area contributed by atoms with E-state index in [1.54, 1.807) is 0 Å². The number of carbonyl (C=O) groups excluding carboxylic acids is 1. The van der Waals surface area contributed by atoms with Gasteiger partial charge in [0.1, 0.15) is 0 Å². The van der Waals surface area contributed by atoms with Crippen LogP contribution in [0.5, 0.6) is 0 Å². The zero-order valence-electron chi connectivity index (χ0n) is 9.26. The van der Waals surface area contributed by atoms with E-state index < -0.39 is 8.07 Å². The van der Waals surface area contributed by atoms with Crippen LogP contribution in [-0.4, -0.2) is 31.1 Å². The average molecular weight is 199 g/mol. The summed E-state index contributed by atoms with van der Waals surface area (Å²) in [5.74, 6) is 0.376. The van der Waals surface area contributed by atoms with Crippen molar-refractivity contribution in [3.05, 3.63) is 0 Å². The molecule has 0 aromatic heterocycles. The topological polar surface area (TPSA) is 20.3 Å². The van der Waals surface area contributed by atoms with Crippen LogP contribution in [0.25, 0.3) is 0 Å². The minimum absolute atomic E-state index is 0.376. The summed E-state index contributed by atoms with van der Waals surface area (Å²) in [6.45, 7) is 10.2. The van der Waals surface area contributed by atoms with Gasteiger partial charge in [-0.25, -0.2) is 0 Å². The number of carbonyl (C=O) groups is 1. The molecule has 2 nitrogen and oxygen atoms in total. The second-order valence-electron chi connectivity index (χ2n) is 5.03. The summed E-state index contributed by atoms with van der Waals surface area (Å²) in [4.78, 5) is 13.4. The minimum Gasteiger partial charge on any atom is -0.342 e. The number of rotatable bonds is 4. The molecule has 0 saturated carbocycles. The lowest BCUT2D eigenvalue weighted by Crippen LogP contribution is -2.63. The molecule has 1 aliphatic heterocycles. The van der Waals surface area contributed by atoms with Gasteiger partial charge in [-0.05, 0) is 6.42 Å². The van der Waals surface area contributed by atoms with Crippen molar-refractivity contribution >= 4 is 14.0 Å². The Labute approximate surface area is 82.3 Å². The molecule has 0 N–H and O–H groups in total. The van der Waals surface area contributed by atoms with Crippen LogP contribution in [0.15, 0.2) is 0 Å². The van der Waals surface area contributed by atoms with Crippen LogP contribution in [0, 0.1) is 0 Å². The molecule has 0 spiro atoms. The number of nitrogens with zero attached hydrogens (tertiary/aromatic N) is 1. The first kappa shape index (κ1) is 10.8. The lowest BCUT2D eigenvalue weighted by atomic mass is 10.2. The Hall–Kier alpha value is -0.313. The summed E-state index contributed by atoms with van der Waals surface area (Å²) in [7, 11) is -1.12. The highest BCUT2D eigenvalue weighted by atomic mass is 28.3. The molecule has 1 unspecified atom stereocenters. The third-order valence-corrected chi connectivity index (χ3v) is 5.33. The average Bonchev–Trinajstić information content (AvgIpc) is 1.99. The van der Waals surface area contributed by atoms with Crippen LogP contribution in [0.1, 0.15) is 26.2 Å². The van der Waals surface area contributed by atoms with E-state index in [9.17, 15) is 4.79 Å². The van der Waals surface area contributed by atoms with Gasteiger partial charge in [0, 0.05) is 18.6 Å². The molecule has 0 aliphatic carbocycles. The quantitative estimate of drug-likeness (QED) is 0.502. The van der Waals surface area contributed by atoms with Gasteiger partial charge in [0.15, 0.2) is 0 Å². The Morgan fingerprint density at radius 3 is 2.46 bits per heavy atom. The van der Waals surface area contributed by atoms with Gasteiger partial charge in [0.05, 0.1) is 8.07 Å². The summed E-state index contributed by atoms with van der Waals surface area (Å²) in [6, 6.07) is 0. The smallest absolute Gasteiger partial charge is 0.224 e. The summed E-state index contributed by atoms with van der Waals surface area (Å²) in [5.41, 5.74) is 0.617. The van der Waals surface area contributed by atoms with E-state index >= 15 is 0 Å². The van der Waals surface area contributed by atoms with Crippen molar-refractivity contribution in [3.8, 4) is 0 Å². The second-order valence-corrected chi connectivity index (χ2v) is 10.4. The number of amides is 1. The maximum atomic E-state index is 11.3. The van der Waals surface area contributed by atoms with Crippen molar-refractivity contribution in [2.75, 3.05) is 6.54 Å². The Bertz CT molecular complexity index is 198. The van der Waals surface area contributed by atoms with E-state index in [-0.39, 0.29) is 0 Å². The van der Waals surface area contributed by atoms with Crippen LogP contribution in [0.4, 0.5) is 0 Å². The van der Waals surface area contributed by atoms with E-state index in [1.807, 2.05) is 0 Å². The highest BCUT2D eigenvalue weighted by molar-refractivity contribution is 6.78. The highest BCUT2D eigenvalue weighted by Crippen LogP contribution is 2.28. The first-order valence-electron chi connectivity index (χ1n) is 5.26. The number of hydrogen-bond acceptors (Lipinski definition) is 1. The van der Waals surface area contributed by atoms with E-state index in [1.165, 1.54) is 6.42 Å². The van der Waals surface area contributed by atoms with Crippen molar-refractivity contribution in [1.29, 1.82) is 0 Å². The molecule has 0 radical (unpaired) electrons. The lowest BCUT2D eigenvalue weighted by Gasteiger charge is -2.47. The summed E-state index contributed by atoms with van der Waals surface area (Å²) < 4.78 is 0. The van der Waals surface area contributed by atoms with Crippen LogP contribution in [0.3, 0.4) is 0 Å². The summed E-state index contributed by atoms with van der Waals surface area (Å²) in [6.07, 6.45) is 3.16. The van der Waals surface area contributed by atoms with Gasteiger partial charge in [0.25, 0.3) is 0 Å². The van der Waals surface area contributed by atoms with E-state index in [0.717, 1.165) is 19.4 Å². The SMILES string of the molecule is CCCCN1C(=O)CC1[Si](C)(C)C. The van der Waals surface area contributed by atoms with Gasteiger partial charge < -0.3 is 4.90 Å². The van der Waals surface area contributed by atoms with Crippen molar-refractivity contribution in [2.45, 2.75) is 51.5 Å². The number of hydrogen-bond donors (Lipinski definition) is 0. The molecule has 13 heavy (non-hydrogen) atoms. The highest BCUT2D eigenvalue weighted by Gasteiger charge is 2.43. The molecule has 1 heterocycles. The summed E-state index contributed by atoms with van der Waals surface area (Å²) >= 11 is 0. The molecule has 1 amide bonds. The molecule has 1 fully saturated rings. The van der Waals surface area contributed by atoms with Gasteiger partial charge >= 0.3 is 0 Å². The standard InChI is InChI=1S/C10H21NOSi/c1-5-6-7-11-9(12)8-10(11)13(2,3)4/h10H,5-8H2,1-4H3. The van der Waals surface area contributed by atoms with Gasteiger partial charge in [-0.15, -0.1) is 0 Å². The molecular formula is C10H21NOSi. The molecule has 76 valence electrons. The molecule has 1 saturated heterocycles. The van der Waals surface area contributed by atoms with Crippen LogP contribution in [-0.2, 0) is 4.79 Å². The lowest BCUT2D eigenvalue weighted by molar-refractivity contribution is -0.142. The number of unbranched alkanes of at least 4 members (excludes halogenated alkanes) is 1. The zero-order valence-corrected chi connectivity index (χ0v) is 10.3. The first-order valence-corrected chi connectivity index (χ1v) is 8.84. The Morgan fingerprint density at radius 1 is 1.46 bits per heavy atom. The van der Waals surface area contributed by atoms with E-state index in [0.29, 0.717) is 11.6 Å². The predicted octanol–water partition coefficient (Wildman–Crippen LogP) is 2.26. The van der Waals surface area contributed by atoms with Crippen LogP contribution >= 0.6 is 0 Å². The van der Waals surface area contributed by atoms with Crippen molar-refractivity contribution in [3.63, 3.8) is 0 Å². The Morgan fingerprint density at radius 2 is 2.08 bits per heavy atom. The van der Waals surface area contributed by atoms with Gasteiger partial charge in [0.2, 0.25) is 5.91 Å². The maximum Gasteiger partial charge on any atom is 0.224 e. The fraction of sp³-hybridized carbons (Fsp3) is 0.900. The summed E-state index contributed by atoms with van der Waals surface area (Å²) in [5, 5.41) is 0. The minimum atomic E-state index is -1.12. The largest absolute Gasteiger partial charge is 0.342 e. The monoisotopic (exact) mass is 199 g/mol.